The van der Waals surface area contributed by atoms with Gasteiger partial charge in [0.25, 0.3) is 11.6 Å². The van der Waals surface area contributed by atoms with Gasteiger partial charge >= 0.3 is 0 Å². The Morgan fingerprint density at radius 3 is 2.56 bits per heavy atom. The topological polar surface area (TPSA) is 93.5 Å². The second kappa shape index (κ2) is 10.8. The van der Waals surface area contributed by atoms with Crippen LogP contribution in [0.4, 0.5) is 11.4 Å². The van der Waals surface area contributed by atoms with Crippen LogP contribution in [-0.2, 0) is 6.42 Å². The molecule has 164 valence electrons. The van der Waals surface area contributed by atoms with E-state index >= 15 is 0 Å². The minimum atomic E-state index is -0.493. The molecule has 0 aromatic heterocycles. The Balaban J connectivity index is 1.58. The molecule has 0 aliphatic heterocycles. The first kappa shape index (κ1) is 23.4. The molecule has 0 saturated heterocycles. The van der Waals surface area contributed by atoms with E-state index in [0.717, 1.165) is 12.0 Å². The number of aryl methyl sites for hydroxylation is 1. The summed E-state index contributed by atoms with van der Waals surface area (Å²) in [5, 5.41) is 16.4. The molecule has 32 heavy (non-hydrogen) atoms. The van der Waals surface area contributed by atoms with Gasteiger partial charge in [-0.1, -0.05) is 36.4 Å². The van der Waals surface area contributed by atoms with Gasteiger partial charge in [0.2, 0.25) is 0 Å². The molecular weight excluding hydrogens is 494 g/mol. The molecule has 0 atom stereocenters. The van der Waals surface area contributed by atoms with E-state index in [9.17, 15) is 14.9 Å². The zero-order valence-corrected chi connectivity index (χ0v) is 19.5. The highest BCUT2D eigenvalue weighted by Crippen LogP contribution is 2.26. The summed E-state index contributed by atoms with van der Waals surface area (Å²) in [7, 11) is 0. The fraction of sp³-hybridized carbons (Fsp3) is 0.130. The van der Waals surface area contributed by atoms with Crippen LogP contribution in [0.25, 0.3) is 0 Å². The molecule has 0 aliphatic rings. The number of halogens is 1. The van der Waals surface area contributed by atoms with Gasteiger partial charge in [0.1, 0.15) is 5.75 Å². The van der Waals surface area contributed by atoms with Crippen molar-refractivity contribution in [2.75, 3.05) is 11.9 Å². The summed E-state index contributed by atoms with van der Waals surface area (Å²) < 4.78 is 6.45. The number of nitro groups is 1. The second-order valence-electron chi connectivity index (χ2n) is 6.89. The number of non-ortho nitro benzene ring substituents is 1. The maximum Gasteiger partial charge on any atom is 0.271 e. The van der Waals surface area contributed by atoms with Gasteiger partial charge in [-0.25, -0.2) is 0 Å². The molecular formula is C23H20BrN3O4S. The lowest BCUT2D eigenvalue weighted by Gasteiger charge is -2.13. The van der Waals surface area contributed by atoms with Gasteiger partial charge in [0, 0.05) is 29.8 Å². The molecule has 0 aliphatic carbocycles. The van der Waals surface area contributed by atoms with E-state index in [1.54, 1.807) is 31.2 Å². The smallest absolute Gasteiger partial charge is 0.271 e. The Bertz CT molecular complexity index is 1160. The van der Waals surface area contributed by atoms with Crippen LogP contribution in [0.3, 0.4) is 0 Å². The number of thiocarbonyl (C=S) groups is 1. The Morgan fingerprint density at radius 1 is 1.12 bits per heavy atom. The molecule has 9 heteroatoms. The molecule has 3 rings (SSSR count). The van der Waals surface area contributed by atoms with Crippen LogP contribution >= 0.6 is 28.1 Å². The molecule has 0 unspecified atom stereocenters. The Labute approximate surface area is 199 Å². The summed E-state index contributed by atoms with van der Waals surface area (Å²) in [6.07, 6.45) is 0.770. The minimum Gasteiger partial charge on any atom is -0.492 e. The molecule has 0 bridgehead atoms. The number of hydrogen-bond acceptors (Lipinski definition) is 5. The number of carbonyl (C=O) groups excluding carboxylic acids is 1. The van der Waals surface area contributed by atoms with Crippen molar-refractivity contribution in [3.8, 4) is 5.75 Å². The summed E-state index contributed by atoms with van der Waals surface area (Å²) in [5.74, 6) is 0.215. The Kier molecular flexibility index (Phi) is 7.91. The molecule has 3 aromatic rings. The Morgan fingerprint density at radius 2 is 1.88 bits per heavy atom. The van der Waals surface area contributed by atoms with Gasteiger partial charge in [0.05, 0.1) is 16.0 Å². The molecule has 7 nitrogen and oxygen atoms in total. The molecule has 0 radical (unpaired) electrons. The summed E-state index contributed by atoms with van der Waals surface area (Å²) >= 11 is 8.63. The monoisotopic (exact) mass is 513 g/mol. The number of ether oxygens (including phenoxy) is 1. The second-order valence-corrected chi connectivity index (χ2v) is 8.16. The van der Waals surface area contributed by atoms with E-state index < -0.39 is 10.8 Å². The number of benzene rings is 3. The van der Waals surface area contributed by atoms with Crippen LogP contribution in [-0.4, -0.2) is 22.5 Å². The average Bonchev–Trinajstić information content (AvgIpc) is 2.76. The number of hydrogen-bond donors (Lipinski definition) is 2. The first-order valence-electron chi connectivity index (χ1n) is 9.67. The van der Waals surface area contributed by atoms with Gasteiger partial charge in [0.15, 0.2) is 5.11 Å². The minimum absolute atomic E-state index is 0.0397. The van der Waals surface area contributed by atoms with E-state index in [1.165, 1.54) is 17.7 Å². The van der Waals surface area contributed by atoms with Crippen molar-refractivity contribution in [3.05, 3.63) is 98.0 Å². The molecule has 1 amide bonds. The number of rotatable bonds is 7. The van der Waals surface area contributed by atoms with Gasteiger partial charge < -0.3 is 10.1 Å². The number of nitrogens with one attached hydrogen (secondary N) is 2. The maximum atomic E-state index is 12.6. The highest BCUT2D eigenvalue weighted by Gasteiger charge is 2.13. The zero-order valence-electron chi connectivity index (χ0n) is 17.1. The maximum absolute atomic E-state index is 12.6. The third-order valence-electron chi connectivity index (χ3n) is 4.59. The molecule has 0 saturated carbocycles. The quantitative estimate of drug-likeness (QED) is 0.249. The number of amides is 1. The fourth-order valence-electron chi connectivity index (χ4n) is 2.87. The third kappa shape index (κ3) is 6.35. The number of nitrogens with zero attached hydrogens (tertiary/aromatic N) is 1. The van der Waals surface area contributed by atoms with Crippen molar-refractivity contribution >= 4 is 50.5 Å². The first-order chi connectivity index (χ1) is 15.3. The lowest BCUT2D eigenvalue weighted by atomic mass is 10.2. The van der Waals surface area contributed by atoms with Crippen molar-refractivity contribution < 1.29 is 14.5 Å². The SMILES string of the molecule is Cc1ccc([N+](=O)[O-])cc1NC(=S)NC(=O)c1ccc(OCCc2ccccc2)c(Br)c1. The number of nitro benzene ring substituents is 1. The lowest BCUT2D eigenvalue weighted by Crippen LogP contribution is -2.34. The van der Waals surface area contributed by atoms with Crippen molar-refractivity contribution in [1.29, 1.82) is 0 Å². The standard InChI is InChI=1S/C23H20BrN3O4S/c1-15-7-9-18(27(29)30)14-20(15)25-23(32)26-22(28)17-8-10-21(19(24)13-17)31-12-11-16-5-3-2-4-6-16/h2-10,13-14H,11-12H2,1H3,(H2,25,26,28,32). The summed E-state index contributed by atoms with van der Waals surface area (Å²) in [6, 6.07) is 19.4. The first-order valence-corrected chi connectivity index (χ1v) is 10.9. The van der Waals surface area contributed by atoms with Crippen molar-refractivity contribution in [2.24, 2.45) is 0 Å². The van der Waals surface area contributed by atoms with Gasteiger partial charge in [-0.2, -0.15) is 0 Å². The Hall–Kier alpha value is -3.30. The molecule has 2 N–H and O–H groups in total. The van der Waals surface area contributed by atoms with Crippen LogP contribution in [0.1, 0.15) is 21.5 Å². The molecule has 0 heterocycles. The predicted octanol–water partition coefficient (Wildman–Crippen LogP) is 5.41. The normalized spacial score (nSPS) is 10.3. The number of carbonyl (C=O) groups is 1. The predicted molar refractivity (Wildman–Crippen MR) is 131 cm³/mol. The van der Waals surface area contributed by atoms with Gasteiger partial charge in [-0.15, -0.1) is 0 Å². The van der Waals surface area contributed by atoms with E-state index in [4.69, 9.17) is 17.0 Å². The van der Waals surface area contributed by atoms with Crippen LogP contribution in [0.5, 0.6) is 5.75 Å². The van der Waals surface area contributed by atoms with Crippen molar-refractivity contribution in [1.82, 2.24) is 5.32 Å². The van der Waals surface area contributed by atoms with Crippen LogP contribution in [0.15, 0.2) is 71.2 Å². The van der Waals surface area contributed by atoms with Crippen molar-refractivity contribution in [3.63, 3.8) is 0 Å². The largest absolute Gasteiger partial charge is 0.492 e. The molecule has 0 fully saturated rings. The van der Waals surface area contributed by atoms with E-state index in [0.29, 0.717) is 28.1 Å². The van der Waals surface area contributed by atoms with Gasteiger partial charge in [-0.3, -0.25) is 20.2 Å². The van der Waals surface area contributed by atoms with Gasteiger partial charge in [-0.05, 0) is 64.4 Å². The third-order valence-corrected chi connectivity index (χ3v) is 5.42. The number of anilines is 1. The summed E-state index contributed by atoms with van der Waals surface area (Å²) in [5.41, 5.74) is 2.70. The van der Waals surface area contributed by atoms with E-state index in [1.807, 2.05) is 30.3 Å². The van der Waals surface area contributed by atoms with Crippen LogP contribution < -0.4 is 15.4 Å². The average molecular weight is 514 g/mol. The summed E-state index contributed by atoms with van der Waals surface area (Å²) in [4.78, 5) is 23.0. The summed E-state index contributed by atoms with van der Waals surface area (Å²) in [6.45, 7) is 2.29. The van der Waals surface area contributed by atoms with Crippen LogP contribution in [0.2, 0.25) is 0 Å². The highest BCUT2D eigenvalue weighted by molar-refractivity contribution is 9.10. The van der Waals surface area contributed by atoms with Crippen molar-refractivity contribution in [2.45, 2.75) is 13.3 Å². The van der Waals surface area contributed by atoms with E-state index in [-0.39, 0.29) is 10.8 Å². The molecule has 3 aromatic carbocycles. The molecule has 0 spiro atoms. The highest BCUT2D eigenvalue weighted by atomic mass is 79.9. The fourth-order valence-corrected chi connectivity index (χ4v) is 3.57. The van der Waals surface area contributed by atoms with Crippen LogP contribution in [0, 0.1) is 17.0 Å². The lowest BCUT2D eigenvalue weighted by molar-refractivity contribution is -0.384. The zero-order chi connectivity index (χ0) is 23.1. The van der Waals surface area contributed by atoms with E-state index in [2.05, 4.69) is 26.6 Å².